The number of nitrogens with two attached hydrogens (primary N) is 1. The molecule has 0 radical (unpaired) electrons. The molecular formula is C13H20N2O2S2. The number of hydrogen-bond acceptors (Lipinski definition) is 3. The Balaban J connectivity index is 3.18. The summed E-state index contributed by atoms with van der Waals surface area (Å²) in [5, 5.41) is 0. The lowest BCUT2D eigenvalue weighted by atomic mass is 10.2. The molecule has 0 aliphatic rings. The van der Waals surface area contributed by atoms with E-state index in [1.54, 1.807) is 18.2 Å². The van der Waals surface area contributed by atoms with Crippen LogP contribution in [0.15, 0.2) is 29.2 Å². The molecule has 0 aliphatic carbocycles. The highest BCUT2D eigenvalue weighted by Gasteiger charge is 2.23. The summed E-state index contributed by atoms with van der Waals surface area (Å²) in [6.07, 6.45) is 0. The SMILES string of the molecule is CCN(CC(C)C)S(=O)(=O)c1cccc(C(N)=S)c1. The van der Waals surface area contributed by atoms with Crippen LogP contribution in [0.1, 0.15) is 26.3 Å². The minimum atomic E-state index is -3.48. The maximum Gasteiger partial charge on any atom is 0.243 e. The van der Waals surface area contributed by atoms with Crippen LogP contribution in [0, 0.1) is 5.92 Å². The number of nitrogens with zero attached hydrogens (tertiary/aromatic N) is 1. The summed E-state index contributed by atoms with van der Waals surface area (Å²) in [5.74, 6) is 0.272. The van der Waals surface area contributed by atoms with Crippen molar-refractivity contribution in [3.05, 3.63) is 29.8 Å². The highest BCUT2D eigenvalue weighted by molar-refractivity contribution is 7.89. The van der Waals surface area contributed by atoms with Gasteiger partial charge in [0.2, 0.25) is 10.0 Å². The molecule has 0 atom stereocenters. The van der Waals surface area contributed by atoms with E-state index in [1.165, 1.54) is 10.4 Å². The van der Waals surface area contributed by atoms with Gasteiger partial charge in [-0.15, -0.1) is 0 Å². The van der Waals surface area contributed by atoms with Crippen molar-refractivity contribution >= 4 is 27.2 Å². The highest BCUT2D eigenvalue weighted by Crippen LogP contribution is 2.18. The molecule has 1 rings (SSSR count). The van der Waals surface area contributed by atoms with Gasteiger partial charge in [-0.2, -0.15) is 4.31 Å². The smallest absolute Gasteiger partial charge is 0.243 e. The quantitative estimate of drug-likeness (QED) is 0.816. The maximum absolute atomic E-state index is 12.5. The van der Waals surface area contributed by atoms with Crippen molar-refractivity contribution < 1.29 is 8.42 Å². The Labute approximate surface area is 120 Å². The van der Waals surface area contributed by atoms with E-state index in [-0.39, 0.29) is 15.8 Å². The molecule has 0 amide bonds. The van der Waals surface area contributed by atoms with Gasteiger partial charge in [-0.1, -0.05) is 45.1 Å². The Kier molecular flexibility index (Phi) is 5.46. The van der Waals surface area contributed by atoms with Crippen LogP contribution in [0.3, 0.4) is 0 Å². The van der Waals surface area contributed by atoms with Crippen LogP contribution < -0.4 is 5.73 Å². The molecule has 0 spiro atoms. The van der Waals surface area contributed by atoms with Crippen LogP contribution in [-0.2, 0) is 10.0 Å². The monoisotopic (exact) mass is 300 g/mol. The van der Waals surface area contributed by atoms with Gasteiger partial charge in [0, 0.05) is 18.7 Å². The number of benzene rings is 1. The van der Waals surface area contributed by atoms with Crippen LogP contribution >= 0.6 is 12.2 Å². The number of hydrogen-bond donors (Lipinski definition) is 1. The van der Waals surface area contributed by atoms with Crippen molar-refractivity contribution in [3.63, 3.8) is 0 Å². The van der Waals surface area contributed by atoms with E-state index >= 15 is 0 Å². The lowest BCUT2D eigenvalue weighted by Gasteiger charge is -2.22. The first kappa shape index (κ1) is 16.1. The Morgan fingerprint density at radius 2 is 2.05 bits per heavy atom. The van der Waals surface area contributed by atoms with E-state index in [2.05, 4.69) is 0 Å². The second kappa shape index (κ2) is 6.45. The predicted molar refractivity (Wildman–Crippen MR) is 81.6 cm³/mol. The standard InChI is InChI=1S/C13H20N2O2S2/c1-4-15(9-10(2)3)19(16,17)12-7-5-6-11(8-12)13(14)18/h5-8,10H,4,9H2,1-3H3,(H2,14,18). The third-order valence-electron chi connectivity index (χ3n) is 2.68. The van der Waals surface area contributed by atoms with Gasteiger partial charge in [0.25, 0.3) is 0 Å². The topological polar surface area (TPSA) is 63.4 Å². The van der Waals surface area contributed by atoms with Crippen molar-refractivity contribution in [3.8, 4) is 0 Å². The zero-order valence-corrected chi connectivity index (χ0v) is 13.1. The minimum absolute atomic E-state index is 0.198. The van der Waals surface area contributed by atoms with Crippen molar-refractivity contribution in [2.45, 2.75) is 25.7 Å². The largest absolute Gasteiger partial charge is 0.389 e. The fourth-order valence-corrected chi connectivity index (χ4v) is 3.55. The molecule has 6 heteroatoms. The summed E-state index contributed by atoms with van der Waals surface area (Å²) in [4.78, 5) is 0.434. The molecule has 1 aromatic carbocycles. The Hall–Kier alpha value is -0.980. The van der Waals surface area contributed by atoms with Crippen molar-refractivity contribution in [2.75, 3.05) is 13.1 Å². The van der Waals surface area contributed by atoms with Gasteiger partial charge in [-0.05, 0) is 18.1 Å². The predicted octanol–water partition coefficient (Wildman–Crippen LogP) is 1.99. The fraction of sp³-hybridized carbons (Fsp3) is 0.462. The normalized spacial score (nSPS) is 12.1. The van der Waals surface area contributed by atoms with E-state index in [0.29, 0.717) is 18.7 Å². The molecule has 0 saturated heterocycles. The van der Waals surface area contributed by atoms with Crippen LogP contribution in [0.2, 0.25) is 0 Å². The zero-order chi connectivity index (χ0) is 14.6. The average Bonchev–Trinajstić information content (AvgIpc) is 2.35. The maximum atomic E-state index is 12.5. The zero-order valence-electron chi connectivity index (χ0n) is 11.5. The summed E-state index contributed by atoms with van der Waals surface area (Å²) in [6, 6.07) is 6.46. The van der Waals surface area contributed by atoms with Crippen molar-refractivity contribution in [1.29, 1.82) is 0 Å². The summed E-state index contributed by atoms with van der Waals surface area (Å²) in [7, 11) is -3.48. The first-order valence-electron chi connectivity index (χ1n) is 6.19. The van der Waals surface area contributed by atoms with Crippen molar-refractivity contribution in [2.24, 2.45) is 11.7 Å². The number of rotatable bonds is 6. The minimum Gasteiger partial charge on any atom is -0.389 e. The molecule has 0 unspecified atom stereocenters. The van der Waals surface area contributed by atoms with Gasteiger partial charge in [-0.3, -0.25) is 0 Å². The van der Waals surface area contributed by atoms with E-state index in [1.807, 2.05) is 20.8 Å². The molecule has 0 aromatic heterocycles. The Bertz CT molecular complexity index is 554. The van der Waals surface area contributed by atoms with Gasteiger partial charge < -0.3 is 5.73 Å². The summed E-state index contributed by atoms with van der Waals surface area (Å²) in [6.45, 7) is 6.75. The first-order valence-corrected chi connectivity index (χ1v) is 8.04. The Morgan fingerprint density at radius 1 is 1.42 bits per heavy atom. The molecule has 19 heavy (non-hydrogen) atoms. The number of sulfonamides is 1. The molecule has 4 nitrogen and oxygen atoms in total. The summed E-state index contributed by atoms with van der Waals surface area (Å²) in [5.41, 5.74) is 6.10. The van der Waals surface area contributed by atoms with E-state index in [0.717, 1.165) is 0 Å². The fourth-order valence-electron chi connectivity index (χ4n) is 1.76. The average molecular weight is 300 g/mol. The lowest BCUT2D eigenvalue weighted by Crippen LogP contribution is -2.34. The van der Waals surface area contributed by atoms with Crippen LogP contribution in [-0.4, -0.2) is 30.8 Å². The van der Waals surface area contributed by atoms with Crippen LogP contribution in [0.4, 0.5) is 0 Å². The summed E-state index contributed by atoms with van der Waals surface area (Å²) >= 11 is 4.88. The molecule has 0 fully saturated rings. The van der Waals surface area contributed by atoms with Gasteiger partial charge >= 0.3 is 0 Å². The molecular weight excluding hydrogens is 280 g/mol. The van der Waals surface area contributed by atoms with Crippen molar-refractivity contribution in [1.82, 2.24) is 4.31 Å². The van der Waals surface area contributed by atoms with Gasteiger partial charge in [0.05, 0.1) is 4.90 Å². The van der Waals surface area contributed by atoms with Crippen LogP contribution in [0.25, 0.3) is 0 Å². The third-order valence-corrected chi connectivity index (χ3v) is 4.85. The molecule has 0 heterocycles. The van der Waals surface area contributed by atoms with Crippen LogP contribution in [0.5, 0.6) is 0 Å². The van der Waals surface area contributed by atoms with E-state index < -0.39 is 10.0 Å². The molecule has 0 aliphatic heterocycles. The molecule has 106 valence electrons. The third kappa shape index (κ3) is 3.99. The second-order valence-corrected chi connectivity index (χ2v) is 7.12. The first-order chi connectivity index (χ1) is 8.78. The number of thiocarbonyl (C=S) groups is 1. The molecule has 0 saturated carbocycles. The molecule has 0 bridgehead atoms. The second-order valence-electron chi connectivity index (χ2n) is 4.74. The van der Waals surface area contributed by atoms with Gasteiger partial charge in [0.1, 0.15) is 4.99 Å². The highest BCUT2D eigenvalue weighted by atomic mass is 32.2. The van der Waals surface area contributed by atoms with Gasteiger partial charge in [0.15, 0.2) is 0 Å². The van der Waals surface area contributed by atoms with Gasteiger partial charge in [-0.25, -0.2) is 8.42 Å². The Morgan fingerprint density at radius 3 is 2.53 bits per heavy atom. The van der Waals surface area contributed by atoms with E-state index in [4.69, 9.17) is 18.0 Å². The van der Waals surface area contributed by atoms with E-state index in [9.17, 15) is 8.42 Å². The summed E-state index contributed by atoms with van der Waals surface area (Å²) < 4.78 is 26.5. The lowest BCUT2D eigenvalue weighted by molar-refractivity contribution is 0.381. The molecule has 1 aromatic rings. The molecule has 2 N–H and O–H groups in total.